The van der Waals surface area contributed by atoms with Crippen LogP contribution in [-0.4, -0.2) is 103 Å². The first-order chi connectivity index (χ1) is 25.6. The van der Waals surface area contributed by atoms with Crippen LogP contribution in [-0.2, 0) is 19.2 Å². The minimum atomic E-state index is -2.23. The third kappa shape index (κ3) is 5.23. The highest BCUT2D eigenvalue weighted by Gasteiger charge is 2.76. The van der Waals surface area contributed by atoms with E-state index in [1.54, 1.807) is 19.9 Å². The maximum absolute atomic E-state index is 16.8. The molecule has 0 aromatic heterocycles. The molecular formula is C43H56F2O10. The van der Waals surface area contributed by atoms with Gasteiger partial charge in [0.1, 0.15) is 19.4 Å². The van der Waals surface area contributed by atoms with Crippen molar-refractivity contribution in [1.82, 2.24) is 0 Å². The van der Waals surface area contributed by atoms with Gasteiger partial charge < -0.3 is 30.6 Å². The van der Waals surface area contributed by atoms with E-state index in [9.17, 15) is 49.8 Å². The lowest BCUT2D eigenvalue weighted by Crippen LogP contribution is -2.69. The zero-order valence-electron chi connectivity index (χ0n) is 32.3. The van der Waals surface area contributed by atoms with Crippen molar-refractivity contribution in [1.29, 1.82) is 0 Å². The van der Waals surface area contributed by atoms with Gasteiger partial charge in [-0.25, -0.2) is 8.78 Å². The van der Waals surface area contributed by atoms with Crippen molar-refractivity contribution in [3.05, 3.63) is 47.6 Å². The molecule has 0 aromatic carbocycles. The summed E-state index contributed by atoms with van der Waals surface area (Å²) in [6.45, 7) is 7.86. The standard InChI is InChI=1S/C22H29FO4.C21H27FO6/c1-11-6-14-13-8-16(23)15-7-12(25)4-5-21(15,2)20(13)17(26)9-22(14,3)19(11)18(27)10-24;1-18-6-5-12(24)7-11(18)3-4-13-14-8-15(25)21(28,17(27)10-23)19(14,2)9-16(26)20(13,18)22/h4-5,7,11,13-14,16-17,19-20,24,26H,6,8-10H2,1-3H3;5-7,13-16,23,25-26,28H,3-4,8-10H2,1-2H3/t11-,13+,14+,16+,17+,19-,20-,21+,22+;13-,14-,15+,16-,18-,19-,20-,21-/m10/s1. The van der Waals surface area contributed by atoms with Crippen LogP contribution in [0, 0.1) is 63.1 Å². The van der Waals surface area contributed by atoms with Crippen LogP contribution in [0.5, 0.6) is 0 Å². The van der Waals surface area contributed by atoms with Crippen molar-refractivity contribution in [3.8, 4) is 0 Å². The number of alkyl halides is 2. The number of carbonyl (C=O) groups excluding carboxylic acids is 4. The van der Waals surface area contributed by atoms with Crippen LogP contribution in [0.15, 0.2) is 47.6 Å². The van der Waals surface area contributed by atoms with Gasteiger partial charge in [-0.1, -0.05) is 45.4 Å². The Morgan fingerprint density at radius 2 is 1.51 bits per heavy atom. The van der Waals surface area contributed by atoms with Gasteiger partial charge >= 0.3 is 0 Å². The van der Waals surface area contributed by atoms with Crippen LogP contribution >= 0.6 is 0 Å². The number of Topliss-reactive ketones (excluding diaryl/α,β-unsaturated/α-hetero) is 2. The molecule has 8 rings (SSSR count). The molecule has 0 aromatic rings. The Kier molecular flexibility index (Phi) is 9.67. The van der Waals surface area contributed by atoms with Crippen molar-refractivity contribution in [3.63, 3.8) is 0 Å². The van der Waals surface area contributed by atoms with Crippen molar-refractivity contribution in [2.24, 2.45) is 63.1 Å². The van der Waals surface area contributed by atoms with Crippen molar-refractivity contribution in [2.75, 3.05) is 13.2 Å². The zero-order valence-corrected chi connectivity index (χ0v) is 32.3. The van der Waals surface area contributed by atoms with Gasteiger partial charge in [0.15, 0.2) is 34.4 Å². The van der Waals surface area contributed by atoms with E-state index in [2.05, 4.69) is 0 Å². The third-order valence-corrected chi connectivity index (χ3v) is 16.7. The van der Waals surface area contributed by atoms with Crippen molar-refractivity contribution < 1.29 is 58.6 Å². The molecule has 0 saturated heterocycles. The summed E-state index contributed by atoms with van der Waals surface area (Å²) in [5.41, 5.74) is -6.72. The fourth-order valence-electron chi connectivity index (χ4n) is 14.3. The maximum atomic E-state index is 16.8. The van der Waals surface area contributed by atoms with E-state index in [0.717, 1.165) is 6.42 Å². The number of ketones is 4. The summed E-state index contributed by atoms with van der Waals surface area (Å²) in [5, 5.41) is 62.7. The van der Waals surface area contributed by atoms with E-state index in [4.69, 9.17) is 0 Å². The molecule has 6 N–H and O–H groups in total. The molecule has 8 aliphatic carbocycles. The molecular weight excluding hydrogens is 714 g/mol. The van der Waals surface area contributed by atoms with Crippen LogP contribution in [0.1, 0.15) is 79.6 Å². The third-order valence-electron chi connectivity index (χ3n) is 16.7. The first-order valence-electron chi connectivity index (χ1n) is 19.9. The topological polar surface area (TPSA) is 190 Å². The van der Waals surface area contributed by atoms with Crippen LogP contribution in [0.4, 0.5) is 8.78 Å². The van der Waals surface area contributed by atoms with Gasteiger partial charge in [0, 0.05) is 34.0 Å². The quantitative estimate of drug-likeness (QED) is 0.248. The lowest BCUT2D eigenvalue weighted by molar-refractivity contribution is -0.222. The number of halogens is 2. The predicted molar refractivity (Wildman–Crippen MR) is 195 cm³/mol. The van der Waals surface area contributed by atoms with Crippen LogP contribution < -0.4 is 0 Å². The fraction of sp³-hybridized carbons (Fsp3) is 0.721. The van der Waals surface area contributed by atoms with Crippen LogP contribution in [0.3, 0.4) is 0 Å². The number of rotatable bonds is 4. The second-order valence-electron chi connectivity index (χ2n) is 19.1. The minimum absolute atomic E-state index is 0.0135. The lowest BCUT2D eigenvalue weighted by Gasteiger charge is -2.62. The molecule has 6 fully saturated rings. The molecule has 0 bridgehead atoms. The molecule has 0 heterocycles. The number of aliphatic hydroxyl groups excluding tert-OH is 5. The minimum Gasteiger partial charge on any atom is -0.393 e. The van der Waals surface area contributed by atoms with E-state index >= 15 is 8.78 Å². The Labute approximate surface area is 320 Å². The van der Waals surface area contributed by atoms with Crippen LogP contribution in [0.2, 0.25) is 0 Å². The number of hydrogen-bond acceptors (Lipinski definition) is 10. The number of hydrogen-bond donors (Lipinski definition) is 6. The highest BCUT2D eigenvalue weighted by molar-refractivity contribution is 6.02. The summed E-state index contributed by atoms with van der Waals surface area (Å²) < 4.78 is 32.0. The van der Waals surface area contributed by atoms with Gasteiger partial charge in [-0.2, -0.15) is 0 Å². The Bertz CT molecular complexity index is 1810. The van der Waals surface area contributed by atoms with Crippen molar-refractivity contribution >= 4 is 23.1 Å². The summed E-state index contributed by atoms with van der Waals surface area (Å²) >= 11 is 0. The molecule has 8 aliphatic rings. The summed E-state index contributed by atoms with van der Waals surface area (Å²) in [6, 6.07) is 0. The molecule has 302 valence electrons. The lowest BCUT2D eigenvalue weighted by atomic mass is 9.44. The molecule has 0 amide bonds. The summed E-state index contributed by atoms with van der Waals surface area (Å²) in [6.07, 6.45) is 6.32. The second-order valence-corrected chi connectivity index (χ2v) is 19.1. The molecule has 0 radical (unpaired) electrons. The Hall–Kier alpha value is -2.74. The van der Waals surface area contributed by atoms with Crippen LogP contribution in [0.25, 0.3) is 0 Å². The number of fused-ring (bicyclic) bond motifs is 10. The highest BCUT2D eigenvalue weighted by Crippen LogP contribution is 2.70. The zero-order chi connectivity index (χ0) is 40.4. The van der Waals surface area contributed by atoms with E-state index in [0.29, 0.717) is 30.4 Å². The van der Waals surface area contributed by atoms with E-state index < -0.39 is 88.2 Å². The number of allylic oxidation sites excluding steroid dienone is 8. The maximum Gasteiger partial charge on any atom is 0.192 e. The normalized spacial score (nSPS) is 51.9. The SMILES string of the molecule is C[C@@H]1C[C@H]2[C@@H]3C[C@H](F)C4=CC(=O)C=C[C@]4(C)[C@H]3[C@@H](O)C[C@]2(C)[C@H]1C(=O)CO.C[C@]12C=CC(=O)C=C1CC[C@H]1[C@@H]3C[C@@H](O)[C@](O)(C(=O)CO)[C@@]3(C)C[C@H](O)[C@@]12F. The summed E-state index contributed by atoms with van der Waals surface area (Å²) in [4.78, 5) is 48.5. The average Bonchev–Trinajstić information content (AvgIpc) is 3.50. The van der Waals surface area contributed by atoms with Gasteiger partial charge in [0.2, 0.25) is 0 Å². The number of aliphatic hydroxyl groups is 6. The van der Waals surface area contributed by atoms with Gasteiger partial charge in [-0.05, 0) is 111 Å². The monoisotopic (exact) mass is 770 g/mol. The molecule has 17 atom stereocenters. The molecule has 12 heteroatoms. The summed E-state index contributed by atoms with van der Waals surface area (Å²) in [5.74, 6) is -3.01. The Morgan fingerprint density at radius 3 is 2.16 bits per heavy atom. The van der Waals surface area contributed by atoms with Gasteiger partial charge in [-0.3, -0.25) is 19.2 Å². The average molecular weight is 771 g/mol. The first-order valence-corrected chi connectivity index (χ1v) is 19.9. The summed E-state index contributed by atoms with van der Waals surface area (Å²) in [7, 11) is 0. The predicted octanol–water partition coefficient (Wildman–Crippen LogP) is 3.26. The molecule has 0 spiro atoms. The molecule has 55 heavy (non-hydrogen) atoms. The van der Waals surface area contributed by atoms with Gasteiger partial charge in [0.05, 0.1) is 18.3 Å². The van der Waals surface area contributed by atoms with E-state index in [1.165, 1.54) is 30.4 Å². The van der Waals surface area contributed by atoms with Gasteiger partial charge in [0.25, 0.3) is 0 Å². The highest BCUT2D eigenvalue weighted by atomic mass is 19.1. The molecule has 10 nitrogen and oxygen atoms in total. The van der Waals surface area contributed by atoms with E-state index in [-0.39, 0.29) is 66.2 Å². The molecule has 6 saturated carbocycles. The van der Waals surface area contributed by atoms with E-state index in [1.807, 2.05) is 20.8 Å². The largest absolute Gasteiger partial charge is 0.393 e. The number of carbonyl (C=O) groups is 4. The van der Waals surface area contributed by atoms with Gasteiger partial charge in [-0.15, -0.1) is 0 Å². The smallest absolute Gasteiger partial charge is 0.192 e. The Balaban J connectivity index is 0.000000169. The molecule has 0 aliphatic heterocycles. The molecule has 0 unspecified atom stereocenters. The van der Waals surface area contributed by atoms with Crippen molar-refractivity contribution in [2.45, 2.75) is 115 Å². The Morgan fingerprint density at radius 1 is 0.855 bits per heavy atom. The fourth-order valence-corrected chi connectivity index (χ4v) is 14.3. The second kappa shape index (κ2) is 13.1. The first kappa shape index (κ1) is 40.5.